The third-order valence-corrected chi connectivity index (χ3v) is 2.79. The quantitative estimate of drug-likeness (QED) is 0.601. The summed E-state index contributed by atoms with van der Waals surface area (Å²) in [5.74, 6) is -0.561. The molecule has 3 nitrogen and oxygen atoms in total. The molecule has 4 heteroatoms. The van der Waals surface area contributed by atoms with Gasteiger partial charge in [-0.15, -0.1) is 0 Å². The Labute approximate surface area is 106 Å². The van der Waals surface area contributed by atoms with Gasteiger partial charge in [-0.1, -0.05) is 32.4 Å². The van der Waals surface area contributed by atoms with Crippen molar-refractivity contribution in [2.24, 2.45) is 0 Å². The van der Waals surface area contributed by atoms with Crippen LogP contribution in [0, 0.1) is 0 Å². The third kappa shape index (κ3) is 2.86. The minimum atomic E-state index is -0.561. The number of methoxy groups -OCH3 is 1. The molecule has 92 valence electrons. The average Bonchev–Trinajstić information content (AvgIpc) is 2.26. The maximum Gasteiger partial charge on any atom is 0.338 e. The molecule has 17 heavy (non-hydrogen) atoms. The van der Waals surface area contributed by atoms with Crippen LogP contribution >= 0.6 is 11.6 Å². The second-order valence-corrected chi connectivity index (χ2v) is 5.19. The van der Waals surface area contributed by atoms with Crippen LogP contribution in [0.2, 0.25) is 5.02 Å². The summed E-state index contributed by atoms with van der Waals surface area (Å²) in [6, 6.07) is 3.12. The molecule has 0 saturated carbocycles. The van der Waals surface area contributed by atoms with E-state index in [9.17, 15) is 9.59 Å². The molecule has 0 bridgehead atoms. The number of esters is 1. The molecule has 0 aliphatic rings. The van der Waals surface area contributed by atoms with Crippen molar-refractivity contribution in [2.75, 3.05) is 7.11 Å². The van der Waals surface area contributed by atoms with E-state index in [0.717, 1.165) is 5.56 Å². The molecule has 0 fully saturated rings. The van der Waals surface area contributed by atoms with Gasteiger partial charge in [0.25, 0.3) is 0 Å². The Hall–Kier alpha value is -1.35. The molecule has 0 aliphatic carbocycles. The van der Waals surface area contributed by atoms with E-state index in [-0.39, 0.29) is 11.0 Å². The van der Waals surface area contributed by atoms with Gasteiger partial charge in [0.1, 0.15) is 0 Å². The van der Waals surface area contributed by atoms with Gasteiger partial charge in [0.05, 0.1) is 12.7 Å². The number of carbonyl (C=O) groups is 2. The fourth-order valence-electron chi connectivity index (χ4n) is 1.55. The first-order valence-electron chi connectivity index (χ1n) is 5.18. The predicted molar refractivity (Wildman–Crippen MR) is 66.9 cm³/mol. The molecule has 0 spiro atoms. The van der Waals surface area contributed by atoms with Crippen molar-refractivity contribution >= 4 is 23.9 Å². The summed E-state index contributed by atoms with van der Waals surface area (Å²) in [6.45, 7) is 5.96. The van der Waals surface area contributed by atoms with E-state index in [2.05, 4.69) is 4.74 Å². The Morgan fingerprint density at radius 2 is 1.94 bits per heavy atom. The van der Waals surface area contributed by atoms with E-state index in [1.165, 1.54) is 13.2 Å². The number of ether oxygens (including phenoxy) is 1. The fourth-order valence-corrected chi connectivity index (χ4v) is 2.00. The maximum absolute atomic E-state index is 11.5. The molecule has 0 unspecified atom stereocenters. The molecule has 0 amide bonds. The second-order valence-electron chi connectivity index (χ2n) is 4.78. The van der Waals surface area contributed by atoms with Crippen molar-refractivity contribution in [1.29, 1.82) is 0 Å². The number of hydrogen-bond donors (Lipinski definition) is 0. The van der Waals surface area contributed by atoms with Gasteiger partial charge in [-0.3, -0.25) is 4.79 Å². The molecule has 0 aliphatic heterocycles. The van der Waals surface area contributed by atoms with E-state index in [4.69, 9.17) is 11.6 Å². The predicted octanol–water partition coefficient (Wildman–Crippen LogP) is 3.24. The first kappa shape index (κ1) is 13.7. The number of benzene rings is 1. The summed E-state index contributed by atoms with van der Waals surface area (Å²) in [5, 5.41) is 0.462. The molecule has 0 N–H and O–H groups in total. The minimum Gasteiger partial charge on any atom is -0.465 e. The van der Waals surface area contributed by atoms with Crippen LogP contribution < -0.4 is 0 Å². The third-order valence-electron chi connectivity index (χ3n) is 2.48. The van der Waals surface area contributed by atoms with Gasteiger partial charge in [0, 0.05) is 10.6 Å². The van der Waals surface area contributed by atoms with Crippen LogP contribution in [0.4, 0.5) is 0 Å². The smallest absolute Gasteiger partial charge is 0.338 e. The Morgan fingerprint density at radius 3 is 2.35 bits per heavy atom. The Bertz CT molecular complexity index is 458. The lowest BCUT2D eigenvalue weighted by Crippen LogP contribution is -2.14. The molecule has 0 heterocycles. The van der Waals surface area contributed by atoms with Crippen LogP contribution in [-0.4, -0.2) is 19.4 Å². The summed E-state index contributed by atoms with van der Waals surface area (Å²) in [4.78, 5) is 22.5. The summed E-state index contributed by atoms with van der Waals surface area (Å²) < 4.78 is 4.60. The molecule has 0 radical (unpaired) electrons. The second kappa shape index (κ2) is 4.88. The molecule has 1 aromatic rings. The normalized spacial score (nSPS) is 11.1. The number of aldehydes is 1. The largest absolute Gasteiger partial charge is 0.465 e. The van der Waals surface area contributed by atoms with E-state index >= 15 is 0 Å². The number of halogens is 1. The number of hydrogen-bond acceptors (Lipinski definition) is 3. The lowest BCUT2D eigenvalue weighted by molar-refractivity contribution is 0.0598. The molecule has 0 saturated heterocycles. The van der Waals surface area contributed by atoms with Gasteiger partial charge < -0.3 is 4.74 Å². The Kier molecular flexibility index (Phi) is 3.94. The molecule has 1 aromatic carbocycles. The zero-order chi connectivity index (χ0) is 13.2. The highest BCUT2D eigenvalue weighted by Gasteiger charge is 2.22. The van der Waals surface area contributed by atoms with Crippen LogP contribution in [0.5, 0.6) is 0 Å². The summed E-state index contributed by atoms with van der Waals surface area (Å²) in [6.07, 6.45) is 0.637. The summed E-state index contributed by atoms with van der Waals surface area (Å²) in [5.41, 5.74) is 1.13. The van der Waals surface area contributed by atoms with Gasteiger partial charge >= 0.3 is 5.97 Å². The van der Waals surface area contributed by atoms with E-state index < -0.39 is 5.97 Å². The molecule has 0 aromatic heterocycles. The zero-order valence-electron chi connectivity index (χ0n) is 10.3. The van der Waals surface area contributed by atoms with Crippen LogP contribution in [0.1, 0.15) is 47.1 Å². The first-order chi connectivity index (χ1) is 7.81. The highest BCUT2D eigenvalue weighted by molar-refractivity contribution is 6.32. The topological polar surface area (TPSA) is 43.4 Å². The van der Waals surface area contributed by atoms with Crippen molar-refractivity contribution in [3.8, 4) is 0 Å². The molecular weight excluding hydrogens is 240 g/mol. The molecular formula is C13H15ClO3. The SMILES string of the molecule is COC(=O)c1cc(Cl)c(C(C)(C)C)cc1C=O. The van der Waals surface area contributed by atoms with Gasteiger partial charge in [-0.05, 0) is 23.1 Å². The lowest BCUT2D eigenvalue weighted by atomic mass is 9.85. The first-order valence-corrected chi connectivity index (χ1v) is 5.56. The van der Waals surface area contributed by atoms with Crippen molar-refractivity contribution < 1.29 is 14.3 Å². The average molecular weight is 255 g/mol. The van der Waals surface area contributed by atoms with Crippen molar-refractivity contribution in [1.82, 2.24) is 0 Å². The Morgan fingerprint density at radius 1 is 1.35 bits per heavy atom. The van der Waals surface area contributed by atoms with Gasteiger partial charge in [0.2, 0.25) is 0 Å². The number of carbonyl (C=O) groups excluding carboxylic acids is 2. The van der Waals surface area contributed by atoms with E-state index in [1.54, 1.807) is 6.07 Å². The van der Waals surface area contributed by atoms with Crippen molar-refractivity contribution in [3.63, 3.8) is 0 Å². The van der Waals surface area contributed by atoms with Gasteiger partial charge in [-0.2, -0.15) is 0 Å². The van der Waals surface area contributed by atoms with Crippen LogP contribution in [0.15, 0.2) is 12.1 Å². The maximum atomic E-state index is 11.5. The summed E-state index contributed by atoms with van der Waals surface area (Å²) >= 11 is 6.12. The monoisotopic (exact) mass is 254 g/mol. The number of rotatable bonds is 2. The van der Waals surface area contributed by atoms with E-state index in [1.807, 2.05) is 20.8 Å². The summed E-state index contributed by atoms with van der Waals surface area (Å²) in [7, 11) is 1.27. The molecule has 1 rings (SSSR count). The zero-order valence-corrected chi connectivity index (χ0v) is 11.1. The van der Waals surface area contributed by atoms with Crippen LogP contribution in [0.25, 0.3) is 0 Å². The fraction of sp³-hybridized carbons (Fsp3) is 0.385. The van der Waals surface area contributed by atoms with Crippen molar-refractivity contribution in [2.45, 2.75) is 26.2 Å². The van der Waals surface area contributed by atoms with Gasteiger partial charge in [-0.25, -0.2) is 4.79 Å². The highest BCUT2D eigenvalue weighted by atomic mass is 35.5. The lowest BCUT2D eigenvalue weighted by Gasteiger charge is -2.21. The highest BCUT2D eigenvalue weighted by Crippen LogP contribution is 2.31. The Balaban J connectivity index is 3.45. The van der Waals surface area contributed by atoms with Gasteiger partial charge in [0.15, 0.2) is 6.29 Å². The molecule has 0 atom stereocenters. The van der Waals surface area contributed by atoms with E-state index in [0.29, 0.717) is 16.9 Å². The van der Waals surface area contributed by atoms with Crippen LogP contribution in [0.3, 0.4) is 0 Å². The minimum absolute atomic E-state index is 0.191. The van der Waals surface area contributed by atoms with Crippen LogP contribution in [-0.2, 0) is 10.2 Å². The van der Waals surface area contributed by atoms with Crippen molar-refractivity contribution in [3.05, 3.63) is 33.8 Å². The standard InChI is InChI=1S/C13H15ClO3/c1-13(2,3)10-5-8(7-15)9(6-11(10)14)12(16)17-4/h5-7H,1-4H3.